The van der Waals surface area contributed by atoms with E-state index in [2.05, 4.69) is 0 Å². The summed E-state index contributed by atoms with van der Waals surface area (Å²) in [5, 5.41) is 8.91. The summed E-state index contributed by atoms with van der Waals surface area (Å²) in [5.74, 6) is -0.807. The second-order valence-corrected chi connectivity index (χ2v) is 3.36. The lowest BCUT2D eigenvalue weighted by molar-refractivity contribution is -0.132. The molecule has 1 saturated heterocycles. The number of carbonyl (C=O) groups is 1. The van der Waals surface area contributed by atoms with Gasteiger partial charge in [0.15, 0.2) is 0 Å². The molecule has 1 fully saturated rings. The fourth-order valence-corrected chi connectivity index (χ4v) is 1.42. The van der Waals surface area contributed by atoms with Gasteiger partial charge in [-0.1, -0.05) is 13.3 Å². The van der Waals surface area contributed by atoms with Crippen LogP contribution in [0, 0.1) is 0 Å². The molecule has 0 saturated carbocycles. The van der Waals surface area contributed by atoms with Crippen LogP contribution in [-0.4, -0.2) is 42.3 Å². The van der Waals surface area contributed by atoms with Gasteiger partial charge in [0.2, 0.25) is 0 Å². The molecule has 0 atom stereocenters. The van der Waals surface area contributed by atoms with Crippen LogP contribution in [0.2, 0.25) is 0 Å². The lowest BCUT2D eigenvalue weighted by Crippen LogP contribution is -2.32. The Balaban J connectivity index is 2.55. The van der Waals surface area contributed by atoms with Crippen molar-refractivity contribution in [1.82, 2.24) is 4.90 Å². The first-order chi connectivity index (χ1) is 6.74. The quantitative estimate of drug-likeness (QED) is 0.688. The van der Waals surface area contributed by atoms with Crippen LogP contribution in [-0.2, 0) is 9.53 Å². The van der Waals surface area contributed by atoms with Crippen LogP contribution in [0.15, 0.2) is 11.8 Å². The lowest BCUT2D eigenvalue weighted by atomic mass is 10.1. The average molecular weight is 199 g/mol. The minimum absolute atomic E-state index is 0.495. The number of hydrogen-bond donors (Lipinski definition) is 1. The molecule has 1 rings (SSSR count). The molecule has 0 aromatic carbocycles. The second kappa shape index (κ2) is 5.65. The summed E-state index contributed by atoms with van der Waals surface area (Å²) in [7, 11) is 0. The van der Waals surface area contributed by atoms with Crippen molar-refractivity contribution in [1.29, 1.82) is 0 Å². The Kier molecular flexibility index (Phi) is 4.46. The highest BCUT2D eigenvalue weighted by molar-refractivity contribution is 5.86. The van der Waals surface area contributed by atoms with Gasteiger partial charge in [-0.15, -0.1) is 0 Å². The first kappa shape index (κ1) is 11.0. The number of carboxylic acids is 1. The zero-order chi connectivity index (χ0) is 10.4. The van der Waals surface area contributed by atoms with Crippen LogP contribution in [0.5, 0.6) is 0 Å². The smallest absolute Gasteiger partial charge is 0.333 e. The van der Waals surface area contributed by atoms with Crippen LogP contribution in [0.25, 0.3) is 0 Å². The molecule has 0 aliphatic carbocycles. The lowest BCUT2D eigenvalue weighted by Gasteiger charge is -2.25. The van der Waals surface area contributed by atoms with Gasteiger partial charge in [-0.3, -0.25) is 0 Å². The van der Waals surface area contributed by atoms with E-state index in [1.165, 1.54) is 0 Å². The molecule has 4 heteroatoms. The molecule has 1 aliphatic rings. The van der Waals surface area contributed by atoms with E-state index < -0.39 is 5.97 Å². The van der Waals surface area contributed by atoms with E-state index in [0.717, 1.165) is 19.5 Å². The van der Waals surface area contributed by atoms with Crippen molar-refractivity contribution in [2.45, 2.75) is 19.8 Å². The molecule has 1 aliphatic heterocycles. The molecule has 0 aromatic rings. The van der Waals surface area contributed by atoms with Crippen molar-refractivity contribution in [2.24, 2.45) is 0 Å². The number of rotatable bonds is 4. The molecule has 1 heterocycles. The van der Waals surface area contributed by atoms with Crippen molar-refractivity contribution < 1.29 is 14.6 Å². The van der Waals surface area contributed by atoms with E-state index in [9.17, 15) is 4.79 Å². The summed E-state index contributed by atoms with van der Waals surface area (Å²) in [6.07, 6.45) is 3.25. The van der Waals surface area contributed by atoms with E-state index >= 15 is 0 Å². The van der Waals surface area contributed by atoms with E-state index in [-0.39, 0.29) is 0 Å². The summed E-state index contributed by atoms with van der Waals surface area (Å²) in [6, 6.07) is 0. The van der Waals surface area contributed by atoms with Gasteiger partial charge in [0.05, 0.1) is 18.8 Å². The average Bonchev–Trinajstić information content (AvgIpc) is 2.18. The molecule has 4 nitrogen and oxygen atoms in total. The maximum atomic E-state index is 10.8. The van der Waals surface area contributed by atoms with Crippen LogP contribution >= 0.6 is 0 Å². The number of carboxylic acid groups (broad SMARTS) is 1. The molecular weight excluding hydrogens is 182 g/mol. The number of nitrogens with zero attached hydrogens (tertiary/aromatic N) is 1. The van der Waals surface area contributed by atoms with E-state index in [1.807, 2.05) is 11.8 Å². The van der Waals surface area contributed by atoms with E-state index in [4.69, 9.17) is 9.84 Å². The maximum absolute atomic E-state index is 10.8. The fourth-order valence-electron chi connectivity index (χ4n) is 1.42. The van der Waals surface area contributed by atoms with Crippen LogP contribution in [0.3, 0.4) is 0 Å². The highest BCUT2D eigenvalue weighted by Gasteiger charge is 2.11. The standard InChI is InChI=1S/C10H17NO3/c1-2-3-9(10(12)13)8-11-4-6-14-7-5-11/h8H,2-7H2,1H3,(H,12,13). The topological polar surface area (TPSA) is 49.8 Å². The molecule has 0 radical (unpaired) electrons. The van der Waals surface area contributed by atoms with E-state index in [1.54, 1.807) is 6.20 Å². The Morgan fingerprint density at radius 1 is 1.50 bits per heavy atom. The van der Waals surface area contributed by atoms with Crippen molar-refractivity contribution in [3.8, 4) is 0 Å². The zero-order valence-electron chi connectivity index (χ0n) is 8.53. The van der Waals surface area contributed by atoms with Crippen LogP contribution in [0.1, 0.15) is 19.8 Å². The Morgan fingerprint density at radius 3 is 2.64 bits per heavy atom. The molecule has 80 valence electrons. The largest absolute Gasteiger partial charge is 0.478 e. The van der Waals surface area contributed by atoms with Crippen molar-refractivity contribution in [3.05, 3.63) is 11.8 Å². The number of hydrogen-bond acceptors (Lipinski definition) is 3. The van der Waals surface area contributed by atoms with Gasteiger partial charge in [-0.2, -0.15) is 0 Å². The minimum atomic E-state index is -0.807. The van der Waals surface area contributed by atoms with Gasteiger partial charge in [-0.25, -0.2) is 4.79 Å². The van der Waals surface area contributed by atoms with Crippen LogP contribution < -0.4 is 0 Å². The Morgan fingerprint density at radius 2 is 2.14 bits per heavy atom. The summed E-state index contributed by atoms with van der Waals surface area (Å²) in [5.41, 5.74) is 0.495. The second-order valence-electron chi connectivity index (χ2n) is 3.36. The molecular formula is C10H17NO3. The monoisotopic (exact) mass is 199 g/mol. The SMILES string of the molecule is CCCC(=CN1CCOCC1)C(=O)O. The van der Waals surface area contributed by atoms with Gasteiger partial charge < -0.3 is 14.7 Å². The Hall–Kier alpha value is -1.03. The number of morpholine rings is 1. The molecule has 14 heavy (non-hydrogen) atoms. The van der Waals surface area contributed by atoms with Gasteiger partial charge in [-0.05, 0) is 6.42 Å². The third-order valence-corrected chi connectivity index (χ3v) is 2.18. The van der Waals surface area contributed by atoms with Crippen molar-refractivity contribution in [2.75, 3.05) is 26.3 Å². The zero-order valence-corrected chi connectivity index (χ0v) is 8.53. The maximum Gasteiger partial charge on any atom is 0.333 e. The van der Waals surface area contributed by atoms with E-state index in [0.29, 0.717) is 25.2 Å². The summed E-state index contributed by atoms with van der Waals surface area (Å²) in [4.78, 5) is 12.9. The van der Waals surface area contributed by atoms with Crippen molar-refractivity contribution in [3.63, 3.8) is 0 Å². The van der Waals surface area contributed by atoms with Crippen LogP contribution in [0.4, 0.5) is 0 Å². The first-order valence-corrected chi connectivity index (χ1v) is 5.00. The highest BCUT2D eigenvalue weighted by atomic mass is 16.5. The Bertz CT molecular complexity index is 219. The first-order valence-electron chi connectivity index (χ1n) is 5.00. The predicted octanol–water partition coefficient (Wildman–Crippen LogP) is 1.09. The Labute approximate surface area is 84.2 Å². The molecule has 0 aromatic heterocycles. The van der Waals surface area contributed by atoms with Gasteiger partial charge >= 0.3 is 5.97 Å². The highest BCUT2D eigenvalue weighted by Crippen LogP contribution is 2.08. The fraction of sp³-hybridized carbons (Fsp3) is 0.700. The number of ether oxygens (including phenoxy) is 1. The van der Waals surface area contributed by atoms with Gasteiger partial charge in [0, 0.05) is 19.3 Å². The molecule has 0 amide bonds. The normalized spacial score (nSPS) is 18.4. The molecule has 0 unspecified atom stereocenters. The third-order valence-electron chi connectivity index (χ3n) is 2.18. The predicted molar refractivity (Wildman–Crippen MR) is 53.0 cm³/mol. The summed E-state index contributed by atoms with van der Waals surface area (Å²) >= 11 is 0. The third kappa shape index (κ3) is 3.38. The minimum Gasteiger partial charge on any atom is -0.478 e. The summed E-state index contributed by atoms with van der Waals surface area (Å²) in [6.45, 7) is 4.95. The van der Waals surface area contributed by atoms with Gasteiger partial charge in [0.25, 0.3) is 0 Å². The molecule has 1 N–H and O–H groups in total. The van der Waals surface area contributed by atoms with Gasteiger partial charge in [0.1, 0.15) is 0 Å². The molecule has 0 bridgehead atoms. The molecule has 0 spiro atoms. The summed E-state index contributed by atoms with van der Waals surface area (Å²) < 4.78 is 5.18. The van der Waals surface area contributed by atoms with Crippen molar-refractivity contribution >= 4 is 5.97 Å². The number of aliphatic carboxylic acids is 1.